The Hall–Kier alpha value is -1.24. The van der Waals surface area contributed by atoms with E-state index in [1.165, 1.54) is 5.57 Å². The molecule has 0 N–H and O–H groups in total. The smallest absolute Gasteiger partial charge is 0.197 e. The third kappa shape index (κ3) is 0.334. The van der Waals surface area contributed by atoms with Crippen LogP contribution in [0.1, 0.15) is 6.42 Å². The van der Waals surface area contributed by atoms with E-state index in [1.54, 1.807) is 0 Å². The molecule has 1 aliphatic heterocycles. The van der Waals surface area contributed by atoms with E-state index in [2.05, 4.69) is 36.5 Å². The number of ether oxygens (including phenoxy) is 1. The van der Waals surface area contributed by atoms with Crippen molar-refractivity contribution in [2.24, 2.45) is 5.41 Å². The molecule has 1 nitrogen and oxygen atoms in total. The minimum atomic E-state index is -0.0220. The van der Waals surface area contributed by atoms with E-state index in [0.717, 1.165) is 12.2 Å². The molecule has 0 aromatic rings. The van der Waals surface area contributed by atoms with Gasteiger partial charge in [-0.15, -0.1) is 0 Å². The molecule has 1 saturated heterocycles. The van der Waals surface area contributed by atoms with Crippen molar-refractivity contribution >= 4 is 0 Å². The van der Waals surface area contributed by atoms with Gasteiger partial charge in [-0.05, 0) is 24.1 Å². The third-order valence-electron chi connectivity index (χ3n) is 3.41. The predicted octanol–water partition coefficient (Wildman–Crippen LogP) is 2.10. The maximum absolute atomic E-state index is 5.68. The van der Waals surface area contributed by atoms with E-state index in [1.807, 2.05) is 0 Å². The molecule has 0 amide bonds. The lowest BCUT2D eigenvalue weighted by molar-refractivity contribution is 0.260. The maximum Gasteiger partial charge on any atom is 0.197 e. The average Bonchev–Trinajstić information content (AvgIpc) is 2.51. The molecule has 3 aliphatic carbocycles. The van der Waals surface area contributed by atoms with Crippen molar-refractivity contribution in [2.45, 2.75) is 12.0 Å². The fourth-order valence-corrected chi connectivity index (χ4v) is 2.74. The molecule has 2 spiro atoms. The Labute approximate surface area is 70.7 Å². The Kier molecular flexibility index (Phi) is 0.551. The van der Waals surface area contributed by atoms with Crippen LogP contribution < -0.4 is 0 Å². The topological polar surface area (TPSA) is 12.5 Å². The predicted molar refractivity (Wildman–Crippen MR) is 45.3 cm³/mol. The molecule has 0 radical (unpaired) electrons. The zero-order chi connectivity index (χ0) is 7.81. The molecule has 4 rings (SSSR count). The normalized spacial score (nSPS) is 49.3. The standard InChI is InChI=1S/C11H8O/c1-2-9-11(12-9)7-8-3-5-10(11,4-1)6-8/h1-5,7H,6H2. The van der Waals surface area contributed by atoms with Gasteiger partial charge in [-0.25, -0.2) is 0 Å². The van der Waals surface area contributed by atoms with Crippen LogP contribution in [0, 0.1) is 5.41 Å². The summed E-state index contributed by atoms with van der Waals surface area (Å²) in [5, 5.41) is 0. The van der Waals surface area contributed by atoms with Crippen LogP contribution in [0.2, 0.25) is 0 Å². The molecule has 0 aromatic heterocycles. The van der Waals surface area contributed by atoms with Gasteiger partial charge < -0.3 is 4.74 Å². The number of hydrogen-bond donors (Lipinski definition) is 0. The highest BCUT2D eigenvalue weighted by Gasteiger charge is 2.68. The molecule has 1 fully saturated rings. The first-order valence-corrected chi connectivity index (χ1v) is 4.35. The Morgan fingerprint density at radius 1 is 1.33 bits per heavy atom. The number of rotatable bonds is 0. The van der Waals surface area contributed by atoms with E-state index >= 15 is 0 Å². The molecule has 0 saturated carbocycles. The number of epoxide rings is 1. The summed E-state index contributed by atoms with van der Waals surface area (Å²) in [4.78, 5) is 0. The van der Waals surface area contributed by atoms with Crippen LogP contribution in [0.5, 0.6) is 0 Å². The van der Waals surface area contributed by atoms with Crippen LogP contribution in [-0.4, -0.2) is 5.60 Å². The van der Waals surface area contributed by atoms with E-state index in [4.69, 9.17) is 4.74 Å². The van der Waals surface area contributed by atoms with Gasteiger partial charge in [0.05, 0.1) is 5.41 Å². The largest absolute Gasteiger partial charge is 0.474 e. The third-order valence-corrected chi connectivity index (χ3v) is 3.41. The van der Waals surface area contributed by atoms with Crippen LogP contribution in [0.3, 0.4) is 0 Å². The van der Waals surface area contributed by atoms with Crippen LogP contribution in [0.4, 0.5) is 0 Å². The summed E-state index contributed by atoms with van der Waals surface area (Å²) in [5.74, 6) is 1.16. The highest BCUT2D eigenvalue weighted by molar-refractivity contribution is 5.60. The number of hydrogen-bond acceptors (Lipinski definition) is 1. The van der Waals surface area contributed by atoms with Crippen molar-refractivity contribution in [3.8, 4) is 0 Å². The Balaban J connectivity index is 2.09. The van der Waals surface area contributed by atoms with E-state index in [0.29, 0.717) is 0 Å². The molecule has 58 valence electrons. The summed E-state index contributed by atoms with van der Waals surface area (Å²) >= 11 is 0. The Morgan fingerprint density at radius 2 is 2.33 bits per heavy atom. The lowest BCUT2D eigenvalue weighted by Crippen LogP contribution is -2.29. The van der Waals surface area contributed by atoms with Crippen molar-refractivity contribution in [1.29, 1.82) is 0 Å². The molecular formula is C11H8O. The first-order valence-electron chi connectivity index (χ1n) is 4.35. The number of fused-ring (bicyclic) bond motifs is 1. The van der Waals surface area contributed by atoms with Crippen molar-refractivity contribution in [1.82, 2.24) is 0 Å². The van der Waals surface area contributed by atoms with Gasteiger partial charge >= 0.3 is 0 Å². The first-order chi connectivity index (χ1) is 5.85. The summed E-state index contributed by atoms with van der Waals surface area (Å²) in [6.45, 7) is 0. The Bertz CT molecular complexity index is 411. The fourth-order valence-electron chi connectivity index (χ4n) is 2.74. The minimum absolute atomic E-state index is 0.0220. The van der Waals surface area contributed by atoms with Gasteiger partial charge in [-0.3, -0.25) is 0 Å². The van der Waals surface area contributed by atoms with Gasteiger partial charge in [0.25, 0.3) is 0 Å². The summed E-state index contributed by atoms with van der Waals surface area (Å²) in [6, 6.07) is 0. The first kappa shape index (κ1) is 5.41. The number of allylic oxidation sites excluding steroid dienone is 4. The molecule has 12 heavy (non-hydrogen) atoms. The van der Waals surface area contributed by atoms with Crippen molar-refractivity contribution in [3.63, 3.8) is 0 Å². The fraction of sp³-hybridized carbons (Fsp3) is 0.273. The minimum Gasteiger partial charge on any atom is -0.474 e. The average molecular weight is 156 g/mol. The highest BCUT2D eigenvalue weighted by Crippen LogP contribution is 2.67. The maximum atomic E-state index is 5.68. The second-order valence-corrected chi connectivity index (χ2v) is 4.00. The summed E-state index contributed by atoms with van der Waals surface area (Å²) in [7, 11) is 0. The summed E-state index contributed by atoms with van der Waals surface area (Å²) < 4.78 is 5.68. The van der Waals surface area contributed by atoms with Crippen LogP contribution in [-0.2, 0) is 4.74 Å². The molecule has 2 unspecified atom stereocenters. The van der Waals surface area contributed by atoms with Crippen molar-refractivity contribution in [3.05, 3.63) is 47.8 Å². The molecular weight excluding hydrogens is 148 g/mol. The molecule has 4 aliphatic rings. The van der Waals surface area contributed by atoms with Gasteiger partial charge in [0, 0.05) is 0 Å². The molecule has 2 atom stereocenters. The zero-order valence-electron chi connectivity index (χ0n) is 6.58. The molecule has 1 heterocycles. The Morgan fingerprint density at radius 3 is 3.17 bits per heavy atom. The van der Waals surface area contributed by atoms with Crippen LogP contribution >= 0.6 is 0 Å². The quantitative estimate of drug-likeness (QED) is 0.489. The summed E-state index contributed by atoms with van der Waals surface area (Å²) in [6.07, 6.45) is 14.4. The van der Waals surface area contributed by atoms with Gasteiger partial charge in [0.15, 0.2) is 5.60 Å². The lowest BCUT2D eigenvalue weighted by Gasteiger charge is -2.24. The lowest BCUT2D eigenvalue weighted by atomic mass is 9.75. The van der Waals surface area contributed by atoms with E-state index in [-0.39, 0.29) is 11.0 Å². The highest BCUT2D eigenvalue weighted by atomic mass is 16.6. The van der Waals surface area contributed by atoms with Gasteiger partial charge in [-0.2, -0.15) is 0 Å². The molecule has 0 aromatic carbocycles. The van der Waals surface area contributed by atoms with Gasteiger partial charge in [-0.1, -0.05) is 24.3 Å². The molecule has 2 bridgehead atoms. The monoisotopic (exact) mass is 156 g/mol. The zero-order valence-corrected chi connectivity index (χ0v) is 6.58. The second-order valence-electron chi connectivity index (χ2n) is 4.00. The van der Waals surface area contributed by atoms with Crippen molar-refractivity contribution < 1.29 is 4.74 Å². The van der Waals surface area contributed by atoms with Gasteiger partial charge in [0.2, 0.25) is 0 Å². The second kappa shape index (κ2) is 1.22. The van der Waals surface area contributed by atoms with Crippen LogP contribution in [0.15, 0.2) is 47.8 Å². The van der Waals surface area contributed by atoms with E-state index in [9.17, 15) is 0 Å². The van der Waals surface area contributed by atoms with Crippen molar-refractivity contribution in [2.75, 3.05) is 0 Å². The van der Waals surface area contributed by atoms with Gasteiger partial charge in [0.1, 0.15) is 5.76 Å². The van der Waals surface area contributed by atoms with E-state index < -0.39 is 0 Å². The molecule has 1 heteroatoms. The summed E-state index contributed by atoms with van der Waals surface area (Å²) in [5.41, 5.74) is 1.59. The van der Waals surface area contributed by atoms with Crippen LogP contribution in [0.25, 0.3) is 0 Å². The SMILES string of the molecule is C1=CC23C=CC(=CC24OC4=C1)C3.